The molecule has 24 heavy (non-hydrogen) atoms. The molecule has 0 saturated carbocycles. The lowest BCUT2D eigenvalue weighted by Crippen LogP contribution is -1.93. The van der Waals surface area contributed by atoms with Crippen LogP contribution in [0.25, 0.3) is 32.0 Å². The first-order valence-electron chi connectivity index (χ1n) is 7.87. The van der Waals surface area contributed by atoms with Crippen molar-refractivity contribution in [2.75, 3.05) is 13.7 Å². The topological polar surface area (TPSA) is 31.4 Å². The molecule has 0 unspecified atom stereocenters. The van der Waals surface area contributed by atoms with Crippen LogP contribution in [0.1, 0.15) is 6.92 Å². The van der Waals surface area contributed by atoms with Gasteiger partial charge in [-0.05, 0) is 53.4 Å². The number of benzene rings is 2. The summed E-state index contributed by atoms with van der Waals surface area (Å²) in [6.45, 7) is 2.58. The minimum absolute atomic E-state index is 0.622. The van der Waals surface area contributed by atoms with Gasteiger partial charge in [-0.25, -0.2) is 4.98 Å². The summed E-state index contributed by atoms with van der Waals surface area (Å²) in [5.74, 6) is 1.53. The minimum Gasteiger partial charge on any atom is -0.497 e. The Morgan fingerprint density at radius 2 is 1.96 bits per heavy atom. The second-order valence-corrected chi connectivity index (χ2v) is 6.41. The van der Waals surface area contributed by atoms with Crippen LogP contribution in [0.4, 0.5) is 0 Å². The third-order valence-electron chi connectivity index (χ3n) is 4.10. The van der Waals surface area contributed by atoms with Crippen molar-refractivity contribution in [3.05, 3.63) is 54.0 Å². The standard InChI is InChI=1S/C20H17NO2S/c1-3-23-19-7-4-13(12-21-19)18-11-14-10-15(22-2)5-6-16(14)17-8-9-24-20(17)18/h4-12H,3H2,1-2H3. The molecule has 0 amide bonds. The van der Waals surface area contributed by atoms with Crippen LogP contribution in [-0.2, 0) is 0 Å². The van der Waals surface area contributed by atoms with Gasteiger partial charge >= 0.3 is 0 Å². The molecular weight excluding hydrogens is 318 g/mol. The number of hydrogen-bond acceptors (Lipinski definition) is 4. The molecule has 4 rings (SSSR count). The molecule has 0 saturated heterocycles. The van der Waals surface area contributed by atoms with Crippen LogP contribution >= 0.6 is 11.3 Å². The fraction of sp³-hybridized carbons (Fsp3) is 0.150. The highest BCUT2D eigenvalue weighted by Crippen LogP contribution is 2.39. The summed E-state index contributed by atoms with van der Waals surface area (Å²) in [6, 6.07) is 14.6. The first kappa shape index (κ1) is 15.0. The summed E-state index contributed by atoms with van der Waals surface area (Å²) in [6.07, 6.45) is 1.88. The van der Waals surface area contributed by atoms with E-state index in [1.807, 2.05) is 25.3 Å². The first-order chi connectivity index (χ1) is 11.8. The van der Waals surface area contributed by atoms with E-state index in [2.05, 4.69) is 40.7 Å². The van der Waals surface area contributed by atoms with Crippen LogP contribution in [0.5, 0.6) is 11.6 Å². The highest BCUT2D eigenvalue weighted by atomic mass is 32.1. The number of ether oxygens (including phenoxy) is 2. The van der Waals surface area contributed by atoms with Crippen molar-refractivity contribution in [1.82, 2.24) is 4.98 Å². The van der Waals surface area contributed by atoms with Gasteiger partial charge < -0.3 is 9.47 Å². The van der Waals surface area contributed by atoms with Crippen LogP contribution in [0.3, 0.4) is 0 Å². The van der Waals surface area contributed by atoms with Crippen LogP contribution < -0.4 is 9.47 Å². The Morgan fingerprint density at radius 3 is 2.71 bits per heavy atom. The van der Waals surface area contributed by atoms with Gasteiger partial charge in [-0.15, -0.1) is 11.3 Å². The van der Waals surface area contributed by atoms with E-state index in [1.165, 1.54) is 26.4 Å². The summed E-state index contributed by atoms with van der Waals surface area (Å²) in [7, 11) is 1.70. The molecule has 0 N–H and O–H groups in total. The Kier molecular flexibility index (Phi) is 3.82. The lowest BCUT2D eigenvalue weighted by molar-refractivity contribution is 0.327. The molecule has 2 aromatic carbocycles. The maximum absolute atomic E-state index is 5.44. The molecular formula is C20H17NO2S. The summed E-state index contributed by atoms with van der Waals surface area (Å²) in [5.41, 5.74) is 2.28. The number of thiophene rings is 1. The van der Waals surface area contributed by atoms with Gasteiger partial charge in [0.05, 0.1) is 13.7 Å². The summed E-state index contributed by atoms with van der Waals surface area (Å²) in [5, 5.41) is 5.82. The zero-order chi connectivity index (χ0) is 16.5. The maximum Gasteiger partial charge on any atom is 0.213 e. The predicted molar refractivity (Wildman–Crippen MR) is 100 cm³/mol. The second-order valence-electron chi connectivity index (χ2n) is 5.49. The number of aromatic nitrogens is 1. The van der Waals surface area contributed by atoms with Gasteiger partial charge in [-0.3, -0.25) is 0 Å². The molecule has 0 aliphatic rings. The molecule has 120 valence electrons. The molecule has 0 atom stereocenters. The molecule has 4 aromatic rings. The fourth-order valence-electron chi connectivity index (χ4n) is 2.97. The Bertz CT molecular complexity index is 1010. The Labute approximate surface area is 144 Å². The summed E-state index contributed by atoms with van der Waals surface area (Å²) >= 11 is 1.76. The maximum atomic E-state index is 5.44. The molecule has 3 nitrogen and oxygen atoms in total. The molecule has 0 radical (unpaired) electrons. The number of methoxy groups -OCH3 is 1. The Hall–Kier alpha value is -2.59. The van der Waals surface area contributed by atoms with E-state index in [0.717, 1.165) is 11.3 Å². The summed E-state index contributed by atoms with van der Waals surface area (Å²) in [4.78, 5) is 4.41. The Morgan fingerprint density at radius 1 is 1.04 bits per heavy atom. The highest BCUT2D eigenvalue weighted by Gasteiger charge is 2.11. The number of nitrogens with zero attached hydrogens (tertiary/aromatic N) is 1. The monoisotopic (exact) mass is 335 g/mol. The number of pyridine rings is 1. The van der Waals surface area contributed by atoms with Gasteiger partial charge in [0.15, 0.2) is 0 Å². The molecule has 0 bridgehead atoms. The lowest BCUT2D eigenvalue weighted by atomic mass is 9.99. The van der Waals surface area contributed by atoms with E-state index in [4.69, 9.17) is 9.47 Å². The van der Waals surface area contributed by atoms with Gasteiger partial charge in [0, 0.05) is 33.5 Å². The highest BCUT2D eigenvalue weighted by molar-refractivity contribution is 7.18. The number of hydrogen-bond donors (Lipinski definition) is 0. The van der Waals surface area contributed by atoms with E-state index in [1.54, 1.807) is 18.4 Å². The van der Waals surface area contributed by atoms with Crippen molar-refractivity contribution < 1.29 is 9.47 Å². The average Bonchev–Trinajstić information content (AvgIpc) is 3.11. The average molecular weight is 335 g/mol. The van der Waals surface area contributed by atoms with Crippen molar-refractivity contribution in [3.63, 3.8) is 0 Å². The third-order valence-corrected chi connectivity index (χ3v) is 5.05. The molecule has 0 aliphatic heterocycles. The molecule has 0 aliphatic carbocycles. The van der Waals surface area contributed by atoms with E-state index in [9.17, 15) is 0 Å². The largest absolute Gasteiger partial charge is 0.497 e. The van der Waals surface area contributed by atoms with E-state index in [-0.39, 0.29) is 0 Å². The van der Waals surface area contributed by atoms with Gasteiger partial charge in [-0.2, -0.15) is 0 Å². The second kappa shape index (κ2) is 6.13. The van der Waals surface area contributed by atoms with Crippen LogP contribution in [0.15, 0.2) is 54.0 Å². The normalized spacial score (nSPS) is 11.1. The van der Waals surface area contributed by atoms with Crippen molar-refractivity contribution in [1.29, 1.82) is 0 Å². The molecule has 2 aromatic heterocycles. The van der Waals surface area contributed by atoms with Gasteiger partial charge in [0.2, 0.25) is 5.88 Å². The Balaban J connectivity index is 1.93. The van der Waals surface area contributed by atoms with Crippen LogP contribution in [-0.4, -0.2) is 18.7 Å². The molecule has 0 spiro atoms. The number of fused-ring (bicyclic) bond motifs is 3. The minimum atomic E-state index is 0.622. The number of rotatable bonds is 4. The van der Waals surface area contributed by atoms with Crippen molar-refractivity contribution >= 4 is 32.2 Å². The fourth-order valence-corrected chi connectivity index (χ4v) is 3.92. The SMILES string of the molecule is CCOc1ccc(-c2cc3cc(OC)ccc3c3ccsc23)cn1. The van der Waals surface area contributed by atoms with Crippen molar-refractivity contribution in [2.45, 2.75) is 6.92 Å². The van der Waals surface area contributed by atoms with Crippen LogP contribution in [0.2, 0.25) is 0 Å². The quantitative estimate of drug-likeness (QED) is 0.492. The van der Waals surface area contributed by atoms with E-state index >= 15 is 0 Å². The predicted octanol–water partition coefficient (Wildman–Crippen LogP) is 5.52. The van der Waals surface area contributed by atoms with Gasteiger partial charge in [0.1, 0.15) is 5.75 Å². The first-order valence-corrected chi connectivity index (χ1v) is 8.75. The van der Waals surface area contributed by atoms with Gasteiger partial charge in [0.25, 0.3) is 0 Å². The molecule has 2 heterocycles. The molecule has 4 heteroatoms. The zero-order valence-electron chi connectivity index (χ0n) is 13.6. The van der Waals surface area contributed by atoms with Gasteiger partial charge in [-0.1, -0.05) is 6.07 Å². The zero-order valence-corrected chi connectivity index (χ0v) is 14.4. The third kappa shape index (κ3) is 2.49. The summed E-state index contributed by atoms with van der Waals surface area (Å²) < 4.78 is 12.1. The van der Waals surface area contributed by atoms with E-state index < -0.39 is 0 Å². The lowest BCUT2D eigenvalue weighted by Gasteiger charge is -2.09. The van der Waals surface area contributed by atoms with Crippen LogP contribution in [0, 0.1) is 0 Å². The van der Waals surface area contributed by atoms with E-state index in [0.29, 0.717) is 12.5 Å². The van der Waals surface area contributed by atoms with Crippen molar-refractivity contribution in [3.8, 4) is 22.8 Å². The smallest absolute Gasteiger partial charge is 0.213 e. The van der Waals surface area contributed by atoms with Crippen molar-refractivity contribution in [2.24, 2.45) is 0 Å². The molecule has 0 fully saturated rings.